The molecule has 6 nitrogen and oxygen atoms in total. The molecule has 8 heteroatoms. The van der Waals surface area contributed by atoms with E-state index in [1.54, 1.807) is 17.7 Å². The summed E-state index contributed by atoms with van der Waals surface area (Å²) in [5.74, 6) is 0.752. The molecule has 0 spiro atoms. The standard InChI is InChI=1S/C25H31ClN4O2S/c1-15-4-6-17(7-5-15)29-22-9-8-18(33(27,32)25(26)10-11-25)13-19(22)21-14-30(3)24(31)23-20(21)12-16(2)28-23/h8-9,12-15,17,27-29H,4-7,10-11H2,1-3H3/t15-,17-,33?. The van der Waals surface area contributed by atoms with Crippen molar-refractivity contribution in [3.8, 4) is 11.1 Å². The maximum Gasteiger partial charge on any atom is 0.274 e. The summed E-state index contributed by atoms with van der Waals surface area (Å²) in [5.41, 5.74) is 4.04. The van der Waals surface area contributed by atoms with Crippen molar-refractivity contribution >= 4 is 37.9 Å². The Balaban J connectivity index is 1.68. The summed E-state index contributed by atoms with van der Waals surface area (Å²) in [4.78, 5) is 16.4. The van der Waals surface area contributed by atoms with Gasteiger partial charge in [0.1, 0.15) is 9.72 Å². The minimum absolute atomic E-state index is 0.0873. The predicted molar refractivity (Wildman–Crippen MR) is 136 cm³/mol. The number of alkyl halides is 1. The number of hydrogen-bond donors (Lipinski definition) is 3. The number of aromatic amines is 1. The molecule has 5 rings (SSSR count). The molecule has 0 saturated heterocycles. The number of aryl methyl sites for hydroxylation is 2. The smallest absolute Gasteiger partial charge is 0.274 e. The Hall–Kier alpha value is -2.25. The first-order valence-electron chi connectivity index (χ1n) is 11.7. The molecule has 3 N–H and O–H groups in total. The molecule has 2 aliphatic rings. The van der Waals surface area contributed by atoms with Crippen LogP contribution in [0, 0.1) is 17.6 Å². The summed E-state index contributed by atoms with van der Waals surface area (Å²) in [6.45, 7) is 4.24. The average molecular weight is 487 g/mol. The minimum Gasteiger partial charge on any atom is -0.382 e. The monoisotopic (exact) mass is 486 g/mol. The Morgan fingerprint density at radius 2 is 1.88 bits per heavy atom. The topological polar surface area (TPSA) is 90.7 Å². The highest BCUT2D eigenvalue weighted by Gasteiger charge is 2.51. The van der Waals surface area contributed by atoms with Gasteiger partial charge >= 0.3 is 0 Å². The predicted octanol–water partition coefficient (Wildman–Crippen LogP) is 5.97. The number of nitrogens with one attached hydrogen (secondary N) is 3. The number of H-pyrrole nitrogens is 1. The van der Waals surface area contributed by atoms with Crippen molar-refractivity contribution in [1.29, 1.82) is 4.78 Å². The highest BCUT2D eigenvalue weighted by Crippen LogP contribution is 2.51. The van der Waals surface area contributed by atoms with Crippen molar-refractivity contribution in [2.24, 2.45) is 13.0 Å². The lowest BCUT2D eigenvalue weighted by atomic mass is 9.87. The highest BCUT2D eigenvalue weighted by atomic mass is 35.5. The van der Waals surface area contributed by atoms with Gasteiger partial charge < -0.3 is 14.9 Å². The van der Waals surface area contributed by atoms with Crippen LogP contribution < -0.4 is 10.9 Å². The van der Waals surface area contributed by atoms with Crippen molar-refractivity contribution in [3.05, 3.63) is 46.5 Å². The molecule has 2 saturated carbocycles. The fourth-order valence-corrected chi connectivity index (χ4v) is 6.96. The summed E-state index contributed by atoms with van der Waals surface area (Å²) >= 11 is 6.49. The third-order valence-electron chi connectivity index (χ3n) is 7.25. The molecule has 0 aliphatic heterocycles. The fraction of sp³-hybridized carbons (Fsp3) is 0.480. The first kappa shape index (κ1) is 22.5. The molecule has 176 valence electrons. The third-order valence-corrected chi connectivity index (χ3v) is 10.6. The zero-order valence-electron chi connectivity index (χ0n) is 19.3. The summed E-state index contributed by atoms with van der Waals surface area (Å²) in [7, 11) is -1.42. The number of halogens is 1. The van der Waals surface area contributed by atoms with Crippen molar-refractivity contribution < 1.29 is 4.21 Å². The van der Waals surface area contributed by atoms with E-state index in [1.165, 1.54) is 12.8 Å². The Morgan fingerprint density at radius 1 is 1.18 bits per heavy atom. The summed E-state index contributed by atoms with van der Waals surface area (Å²) in [5, 5.41) is 4.55. The molecule has 0 bridgehead atoms. The van der Waals surface area contributed by atoms with E-state index in [-0.39, 0.29) is 5.56 Å². The second-order valence-corrected chi connectivity index (χ2v) is 13.3. The van der Waals surface area contributed by atoms with E-state index in [1.807, 2.05) is 31.3 Å². The van der Waals surface area contributed by atoms with E-state index in [0.29, 0.717) is 29.3 Å². The number of hydrogen-bond acceptors (Lipinski definition) is 4. The Morgan fingerprint density at radius 3 is 2.55 bits per heavy atom. The van der Waals surface area contributed by atoms with Gasteiger partial charge in [0, 0.05) is 52.1 Å². The van der Waals surface area contributed by atoms with Gasteiger partial charge in [-0.25, -0.2) is 8.99 Å². The van der Waals surface area contributed by atoms with E-state index in [2.05, 4.69) is 17.2 Å². The van der Waals surface area contributed by atoms with E-state index in [9.17, 15) is 9.00 Å². The molecule has 3 aromatic rings. The van der Waals surface area contributed by atoms with E-state index in [4.69, 9.17) is 16.4 Å². The summed E-state index contributed by atoms with van der Waals surface area (Å²) in [6.07, 6.45) is 7.62. The maximum atomic E-state index is 13.4. The first-order valence-corrected chi connectivity index (χ1v) is 13.6. The van der Waals surface area contributed by atoms with Gasteiger partial charge in [-0.3, -0.25) is 4.79 Å². The van der Waals surface area contributed by atoms with Crippen LogP contribution in [0.5, 0.6) is 0 Å². The molecular formula is C25H31ClN4O2S. The first-order chi connectivity index (χ1) is 15.6. The van der Waals surface area contributed by atoms with Crippen LogP contribution in [0.2, 0.25) is 0 Å². The van der Waals surface area contributed by atoms with Crippen LogP contribution in [0.4, 0.5) is 5.69 Å². The lowest BCUT2D eigenvalue weighted by Crippen LogP contribution is -2.25. The SMILES string of the molecule is Cc1cc2c(-c3cc(S(=N)(=O)C4(Cl)CC4)ccc3N[C@H]3CC[C@H](C)CC3)cn(C)c(=O)c2[nH]1. The maximum absolute atomic E-state index is 13.4. The van der Waals surface area contributed by atoms with Gasteiger partial charge in [-0.2, -0.15) is 0 Å². The number of aromatic nitrogens is 2. The van der Waals surface area contributed by atoms with E-state index >= 15 is 0 Å². The fourth-order valence-electron chi connectivity index (χ4n) is 4.96. The molecule has 0 amide bonds. The third kappa shape index (κ3) is 3.89. The number of nitrogens with zero attached hydrogens (tertiary/aromatic N) is 1. The Labute approximate surface area is 199 Å². The average Bonchev–Trinajstić information content (AvgIpc) is 3.42. The molecule has 2 fully saturated rings. The van der Waals surface area contributed by atoms with Gasteiger partial charge in [0.2, 0.25) is 0 Å². The van der Waals surface area contributed by atoms with Gasteiger partial charge in [0.05, 0.1) is 9.73 Å². The van der Waals surface area contributed by atoms with E-state index < -0.39 is 13.9 Å². The molecule has 33 heavy (non-hydrogen) atoms. The van der Waals surface area contributed by atoms with Crippen molar-refractivity contribution in [2.75, 3.05) is 5.32 Å². The molecule has 2 heterocycles. The normalized spacial score (nSPS) is 23.9. The quantitative estimate of drug-likeness (QED) is 0.388. The Kier molecular flexibility index (Phi) is 5.40. The second kappa shape index (κ2) is 7.91. The van der Waals surface area contributed by atoms with Crippen LogP contribution in [-0.2, 0) is 16.8 Å². The van der Waals surface area contributed by atoms with Crippen molar-refractivity contribution in [2.45, 2.75) is 67.5 Å². The van der Waals surface area contributed by atoms with Crippen LogP contribution in [0.25, 0.3) is 22.0 Å². The number of rotatable bonds is 5. The molecule has 1 unspecified atom stereocenters. The molecule has 2 aromatic heterocycles. The number of anilines is 1. The minimum atomic E-state index is -3.16. The lowest BCUT2D eigenvalue weighted by Gasteiger charge is -2.29. The summed E-state index contributed by atoms with van der Waals surface area (Å²) < 4.78 is 22.7. The number of benzene rings is 1. The van der Waals surface area contributed by atoms with Gasteiger partial charge in [-0.05, 0) is 75.6 Å². The van der Waals surface area contributed by atoms with Crippen LogP contribution in [0.1, 0.15) is 51.1 Å². The van der Waals surface area contributed by atoms with Crippen molar-refractivity contribution in [1.82, 2.24) is 9.55 Å². The van der Waals surface area contributed by atoms with Crippen LogP contribution in [0.3, 0.4) is 0 Å². The number of pyridine rings is 1. The van der Waals surface area contributed by atoms with Gasteiger partial charge in [-0.15, -0.1) is 11.6 Å². The lowest BCUT2D eigenvalue weighted by molar-refractivity contribution is 0.361. The van der Waals surface area contributed by atoms with Crippen molar-refractivity contribution in [3.63, 3.8) is 0 Å². The zero-order chi connectivity index (χ0) is 23.5. The van der Waals surface area contributed by atoms with Crippen LogP contribution in [-0.4, -0.2) is 24.0 Å². The molecular weight excluding hydrogens is 456 g/mol. The highest BCUT2D eigenvalue weighted by molar-refractivity contribution is 7.95. The summed E-state index contributed by atoms with van der Waals surface area (Å²) in [6, 6.07) is 7.93. The Bertz CT molecular complexity index is 1390. The van der Waals surface area contributed by atoms with Gasteiger partial charge in [-0.1, -0.05) is 6.92 Å². The molecule has 1 aromatic carbocycles. The molecule has 2 aliphatic carbocycles. The molecule has 0 radical (unpaired) electrons. The van der Waals surface area contributed by atoms with E-state index in [0.717, 1.165) is 46.7 Å². The van der Waals surface area contributed by atoms with Crippen LogP contribution in [0.15, 0.2) is 40.2 Å². The molecule has 1 atom stereocenters. The number of fused-ring (bicyclic) bond motifs is 1. The second-order valence-electron chi connectivity index (χ2n) is 9.95. The van der Waals surface area contributed by atoms with Gasteiger partial charge in [0.25, 0.3) is 5.56 Å². The largest absolute Gasteiger partial charge is 0.382 e. The van der Waals surface area contributed by atoms with Gasteiger partial charge in [0.15, 0.2) is 0 Å². The van der Waals surface area contributed by atoms with Crippen LogP contribution >= 0.6 is 11.6 Å². The zero-order valence-corrected chi connectivity index (χ0v) is 20.9.